The summed E-state index contributed by atoms with van der Waals surface area (Å²) in [5, 5.41) is 2.91. The van der Waals surface area contributed by atoms with Crippen molar-refractivity contribution in [2.45, 2.75) is 38.5 Å². The van der Waals surface area contributed by atoms with Crippen molar-refractivity contribution in [2.75, 3.05) is 5.32 Å². The molecule has 0 saturated carbocycles. The van der Waals surface area contributed by atoms with Gasteiger partial charge in [0.1, 0.15) is 12.1 Å². The molecule has 0 atom stereocenters. The number of carbonyl (C=O) groups is 1. The minimum absolute atomic E-state index is 0.376. The average molecular weight is 277 g/mol. The molecule has 100 valence electrons. The van der Waals surface area contributed by atoms with Crippen LogP contribution >= 0.6 is 12.1 Å². The molecule has 0 bridgehead atoms. The van der Waals surface area contributed by atoms with Gasteiger partial charge in [0.05, 0.1) is 0 Å². The fourth-order valence-corrected chi connectivity index (χ4v) is 3.34. The number of nitrogens with zero attached hydrogens (tertiary/aromatic N) is 1. The smallest absolute Gasteiger partial charge is 0.307 e. The molecule has 2 aliphatic rings. The molecule has 0 aliphatic heterocycles. The first-order valence-corrected chi connectivity index (χ1v) is 7.29. The van der Waals surface area contributed by atoms with Gasteiger partial charge in [0.2, 0.25) is 0 Å². The Hall–Kier alpha value is -1.56. The number of fused-ring (bicyclic) bond motifs is 2. The van der Waals surface area contributed by atoms with Crippen LogP contribution in [-0.4, -0.2) is 6.03 Å². The van der Waals surface area contributed by atoms with Crippen LogP contribution in [0.5, 0.6) is 0 Å². The van der Waals surface area contributed by atoms with E-state index in [9.17, 15) is 9.70 Å². The highest BCUT2D eigenvalue weighted by Crippen LogP contribution is 2.38. The summed E-state index contributed by atoms with van der Waals surface area (Å²) in [6, 6.07) is 1.94. The van der Waals surface area contributed by atoms with Crippen molar-refractivity contribution in [1.29, 1.82) is 0 Å². The van der Waals surface area contributed by atoms with Crippen LogP contribution in [0.1, 0.15) is 35.1 Å². The number of benzene rings is 1. The molecule has 0 unspecified atom stereocenters. The molecule has 1 aromatic carbocycles. The molecule has 0 spiro atoms. The largest absolute Gasteiger partial charge is 0.330 e. The van der Waals surface area contributed by atoms with E-state index in [1.807, 2.05) is 0 Å². The Morgan fingerprint density at radius 1 is 1.11 bits per heavy atom. The van der Waals surface area contributed by atoms with E-state index in [1.165, 1.54) is 22.3 Å². The molecule has 0 aromatic heterocycles. The first-order valence-electron chi connectivity index (χ1n) is 6.51. The van der Waals surface area contributed by atoms with Gasteiger partial charge in [0.25, 0.3) is 0 Å². The quantitative estimate of drug-likeness (QED) is 0.658. The topological polar surface area (TPSA) is 70.6 Å². The van der Waals surface area contributed by atoms with Crippen LogP contribution in [0.25, 0.3) is 0 Å². The zero-order valence-corrected chi connectivity index (χ0v) is 11.3. The molecule has 6 heteroatoms. The number of urea groups is 1. The maximum Gasteiger partial charge on any atom is 0.330 e. The normalized spacial score (nSPS) is 15.8. The number of hydrogen-bond acceptors (Lipinski definition) is 4. The van der Waals surface area contributed by atoms with Crippen molar-refractivity contribution in [3.05, 3.63) is 33.2 Å². The maximum atomic E-state index is 11.7. The minimum atomic E-state index is -0.376. The molecule has 19 heavy (non-hydrogen) atoms. The molecule has 5 nitrogen and oxygen atoms in total. The summed E-state index contributed by atoms with van der Waals surface area (Å²) >= 11 is 0.509. The number of anilines is 1. The van der Waals surface area contributed by atoms with Crippen molar-refractivity contribution in [2.24, 2.45) is 4.58 Å². The Kier molecular flexibility index (Phi) is 3.42. The first kappa shape index (κ1) is 12.5. The number of carbonyl (C=O) groups excluding carboxylic acids is 1. The molecular formula is C13H15N3O2S. The van der Waals surface area contributed by atoms with Crippen LogP contribution in [-0.2, 0) is 25.7 Å². The predicted octanol–water partition coefficient (Wildman–Crippen LogP) is 3.12. The Morgan fingerprint density at radius 3 is 2.32 bits per heavy atom. The molecule has 0 heterocycles. The van der Waals surface area contributed by atoms with Gasteiger partial charge in [0.15, 0.2) is 0 Å². The number of amides is 2. The first-order chi connectivity index (χ1) is 9.29. The zero-order chi connectivity index (χ0) is 13.2. The number of rotatable bonds is 3. The SMILES string of the molecule is O=NSNC(=O)Nc1c2c(cc3c1CCC3)CCC2. The fourth-order valence-electron chi connectivity index (χ4n) is 3.17. The summed E-state index contributed by atoms with van der Waals surface area (Å²) in [6.07, 6.45) is 6.56. The summed E-state index contributed by atoms with van der Waals surface area (Å²) in [7, 11) is 0. The van der Waals surface area contributed by atoms with Gasteiger partial charge in [-0.3, -0.25) is 4.72 Å². The lowest BCUT2D eigenvalue weighted by atomic mass is 9.99. The molecule has 0 radical (unpaired) electrons. The van der Waals surface area contributed by atoms with Crippen LogP contribution in [0.15, 0.2) is 10.6 Å². The van der Waals surface area contributed by atoms with Crippen LogP contribution in [0.2, 0.25) is 0 Å². The van der Waals surface area contributed by atoms with Crippen LogP contribution in [0.4, 0.5) is 10.5 Å². The standard InChI is InChI=1S/C13H15N3O2S/c17-13(15-19-16-18)14-12-10-5-1-3-8(10)7-9-4-2-6-11(9)12/h7H,1-6H2,(H2,14,15,17). The monoisotopic (exact) mass is 277 g/mol. The Bertz CT molecular complexity index is 513. The molecule has 0 saturated heterocycles. The molecule has 2 aliphatic carbocycles. The van der Waals surface area contributed by atoms with Gasteiger partial charge in [-0.25, -0.2) is 4.79 Å². The second-order valence-corrected chi connectivity index (χ2v) is 5.49. The highest BCUT2D eigenvalue weighted by atomic mass is 32.2. The fraction of sp³-hybridized carbons (Fsp3) is 0.462. The predicted molar refractivity (Wildman–Crippen MR) is 76.0 cm³/mol. The molecule has 2 N–H and O–H groups in total. The Labute approximate surface area is 115 Å². The van der Waals surface area contributed by atoms with Gasteiger partial charge >= 0.3 is 6.03 Å². The average Bonchev–Trinajstić information content (AvgIpc) is 3.04. The van der Waals surface area contributed by atoms with E-state index < -0.39 is 0 Å². The zero-order valence-electron chi connectivity index (χ0n) is 10.5. The second-order valence-electron chi connectivity index (χ2n) is 4.96. The van der Waals surface area contributed by atoms with Crippen LogP contribution < -0.4 is 10.0 Å². The van der Waals surface area contributed by atoms with Gasteiger partial charge < -0.3 is 5.32 Å². The Balaban J connectivity index is 1.91. The molecular weight excluding hydrogens is 262 g/mol. The van der Waals surface area contributed by atoms with Gasteiger partial charge in [-0.05, 0) is 60.8 Å². The van der Waals surface area contributed by atoms with Crippen molar-refractivity contribution in [3.8, 4) is 0 Å². The maximum absolute atomic E-state index is 11.7. The minimum Gasteiger partial charge on any atom is -0.307 e. The molecule has 0 fully saturated rings. The molecule has 2 amide bonds. The van der Waals surface area contributed by atoms with E-state index in [2.05, 4.69) is 20.7 Å². The lowest BCUT2D eigenvalue weighted by Crippen LogP contribution is -2.23. The van der Waals surface area contributed by atoms with Crippen molar-refractivity contribution in [1.82, 2.24) is 4.72 Å². The van der Waals surface area contributed by atoms with E-state index >= 15 is 0 Å². The summed E-state index contributed by atoms with van der Waals surface area (Å²) in [6.45, 7) is 0. The van der Waals surface area contributed by atoms with Crippen molar-refractivity contribution in [3.63, 3.8) is 0 Å². The summed E-state index contributed by atoms with van der Waals surface area (Å²) < 4.78 is 4.91. The van der Waals surface area contributed by atoms with Gasteiger partial charge in [-0.1, -0.05) is 6.07 Å². The number of nitroso groups, excluding NO2 is 1. The number of nitrogens with one attached hydrogen (secondary N) is 2. The van der Waals surface area contributed by atoms with Gasteiger partial charge in [0, 0.05) is 10.3 Å². The Morgan fingerprint density at radius 2 is 1.74 bits per heavy atom. The van der Waals surface area contributed by atoms with Gasteiger partial charge in [-0.2, -0.15) is 0 Å². The van der Waals surface area contributed by atoms with E-state index in [1.54, 1.807) is 0 Å². The number of hydrogen-bond donors (Lipinski definition) is 2. The summed E-state index contributed by atoms with van der Waals surface area (Å²) in [5.74, 6) is 0. The highest BCUT2D eigenvalue weighted by molar-refractivity contribution is 7.96. The highest BCUT2D eigenvalue weighted by Gasteiger charge is 2.24. The molecule has 3 rings (SSSR count). The third-order valence-corrected chi connectivity index (χ3v) is 4.24. The van der Waals surface area contributed by atoms with Crippen molar-refractivity contribution < 1.29 is 4.79 Å². The lowest BCUT2D eigenvalue weighted by molar-refractivity contribution is 0.257. The van der Waals surface area contributed by atoms with Crippen molar-refractivity contribution >= 4 is 23.9 Å². The van der Waals surface area contributed by atoms with Crippen LogP contribution in [0.3, 0.4) is 0 Å². The second kappa shape index (κ2) is 5.21. The van der Waals surface area contributed by atoms with E-state index in [-0.39, 0.29) is 6.03 Å². The number of aryl methyl sites for hydroxylation is 2. The van der Waals surface area contributed by atoms with E-state index in [0.717, 1.165) is 44.2 Å². The third-order valence-electron chi connectivity index (χ3n) is 3.89. The third kappa shape index (κ3) is 2.32. The van der Waals surface area contributed by atoms with E-state index in [4.69, 9.17) is 0 Å². The summed E-state index contributed by atoms with van der Waals surface area (Å²) in [5.41, 5.74) is 6.28. The molecule has 1 aromatic rings. The summed E-state index contributed by atoms with van der Waals surface area (Å²) in [4.78, 5) is 21.7. The lowest BCUT2D eigenvalue weighted by Gasteiger charge is -2.15. The van der Waals surface area contributed by atoms with Gasteiger partial charge in [-0.15, -0.1) is 4.91 Å². The van der Waals surface area contributed by atoms with E-state index in [0.29, 0.717) is 12.1 Å². The van der Waals surface area contributed by atoms with Crippen LogP contribution in [0, 0.1) is 4.91 Å².